The van der Waals surface area contributed by atoms with Crippen molar-refractivity contribution in [2.45, 2.75) is 26.8 Å². The summed E-state index contributed by atoms with van der Waals surface area (Å²) in [5, 5.41) is 2.69. The lowest BCUT2D eigenvalue weighted by molar-refractivity contribution is -0.118. The lowest BCUT2D eigenvalue weighted by atomic mass is 10.2. The number of anilines is 1. The number of rotatable bonds is 6. The van der Waals surface area contributed by atoms with E-state index in [1.165, 1.54) is 11.3 Å². The quantitative estimate of drug-likeness (QED) is 0.441. The topological polar surface area (TPSA) is 59.5 Å². The highest BCUT2D eigenvalue weighted by Crippen LogP contribution is 2.26. The number of hydrogen-bond donors (Lipinski definition) is 0. The highest BCUT2D eigenvalue weighted by Gasteiger charge is 2.20. The fraction of sp³-hybridized carbons (Fsp3) is 0.182. The van der Waals surface area contributed by atoms with Crippen LogP contribution >= 0.6 is 11.3 Å². The molecule has 0 atom stereocenters. The minimum atomic E-state index is -0.0345. The first-order valence-corrected chi connectivity index (χ1v) is 9.87. The molecule has 3 aromatic heterocycles. The summed E-state index contributed by atoms with van der Waals surface area (Å²) >= 11 is 1.48. The molecule has 0 bridgehead atoms. The minimum Gasteiger partial charge on any atom is -0.467 e. The van der Waals surface area contributed by atoms with E-state index in [0.717, 1.165) is 39.2 Å². The Morgan fingerprint density at radius 2 is 1.93 bits per heavy atom. The molecule has 0 aliphatic heterocycles. The molecule has 0 fully saturated rings. The average Bonchev–Trinajstić information content (AvgIpc) is 3.42. The number of carbonyl (C=O) groups excluding carboxylic acids is 1. The van der Waals surface area contributed by atoms with Crippen molar-refractivity contribution in [2.24, 2.45) is 0 Å². The van der Waals surface area contributed by atoms with Gasteiger partial charge in [-0.05, 0) is 50.2 Å². The molecule has 0 saturated heterocycles. The Morgan fingerprint density at radius 1 is 1.11 bits per heavy atom. The largest absolute Gasteiger partial charge is 0.467 e. The molecule has 1 amide bonds. The van der Waals surface area contributed by atoms with E-state index in [1.807, 2.05) is 67.8 Å². The van der Waals surface area contributed by atoms with Crippen LogP contribution in [-0.4, -0.2) is 10.9 Å². The van der Waals surface area contributed by atoms with Gasteiger partial charge in [-0.25, -0.2) is 4.98 Å². The molecule has 0 aliphatic carbocycles. The zero-order valence-corrected chi connectivity index (χ0v) is 16.5. The Bertz CT molecular complexity index is 1060. The summed E-state index contributed by atoms with van der Waals surface area (Å²) in [6, 6.07) is 15.4. The molecule has 4 aromatic rings. The number of amides is 1. The van der Waals surface area contributed by atoms with Crippen LogP contribution in [0.15, 0.2) is 69.0 Å². The van der Waals surface area contributed by atoms with Gasteiger partial charge in [0.25, 0.3) is 0 Å². The van der Waals surface area contributed by atoms with Crippen LogP contribution in [-0.2, 0) is 17.8 Å². The molecule has 0 saturated carbocycles. The van der Waals surface area contributed by atoms with Gasteiger partial charge in [0, 0.05) is 11.1 Å². The van der Waals surface area contributed by atoms with E-state index in [9.17, 15) is 4.79 Å². The molecular weight excluding hydrogens is 372 g/mol. The summed E-state index contributed by atoms with van der Waals surface area (Å²) in [5.41, 5.74) is 2.71. The number of aryl methyl sites for hydroxylation is 2. The van der Waals surface area contributed by atoms with Crippen molar-refractivity contribution >= 4 is 22.9 Å². The average molecular weight is 392 g/mol. The number of aromatic nitrogens is 1. The van der Waals surface area contributed by atoms with Crippen LogP contribution in [0.4, 0.5) is 5.69 Å². The van der Waals surface area contributed by atoms with E-state index in [0.29, 0.717) is 6.54 Å². The highest BCUT2D eigenvalue weighted by atomic mass is 32.1. The van der Waals surface area contributed by atoms with Gasteiger partial charge in [0.1, 0.15) is 11.5 Å². The van der Waals surface area contributed by atoms with Crippen LogP contribution < -0.4 is 4.90 Å². The summed E-state index contributed by atoms with van der Waals surface area (Å²) in [5.74, 6) is 2.27. The lowest BCUT2D eigenvalue weighted by Gasteiger charge is -2.22. The predicted octanol–water partition coefficient (Wildman–Crippen LogP) is 5.39. The first-order chi connectivity index (χ1) is 13.6. The van der Waals surface area contributed by atoms with Gasteiger partial charge >= 0.3 is 0 Å². The third-order valence-electron chi connectivity index (χ3n) is 4.38. The third-order valence-corrected chi connectivity index (χ3v) is 5.28. The molecule has 142 valence electrons. The molecule has 0 N–H and O–H groups in total. The summed E-state index contributed by atoms with van der Waals surface area (Å²) in [7, 11) is 0. The van der Waals surface area contributed by atoms with Crippen LogP contribution in [0.5, 0.6) is 0 Å². The van der Waals surface area contributed by atoms with Gasteiger partial charge in [0.05, 0.1) is 24.9 Å². The number of furan rings is 2. The Morgan fingerprint density at radius 3 is 2.61 bits per heavy atom. The van der Waals surface area contributed by atoms with Gasteiger partial charge in [-0.3, -0.25) is 4.79 Å². The molecule has 5 nitrogen and oxygen atoms in total. The van der Waals surface area contributed by atoms with E-state index in [2.05, 4.69) is 4.98 Å². The monoisotopic (exact) mass is 392 g/mol. The van der Waals surface area contributed by atoms with Crippen molar-refractivity contribution in [1.82, 2.24) is 4.98 Å². The van der Waals surface area contributed by atoms with Crippen molar-refractivity contribution in [1.29, 1.82) is 0 Å². The maximum atomic E-state index is 13.1. The Labute approximate surface area is 167 Å². The van der Waals surface area contributed by atoms with Gasteiger partial charge in [-0.15, -0.1) is 11.3 Å². The number of benzene rings is 1. The molecule has 28 heavy (non-hydrogen) atoms. The zero-order chi connectivity index (χ0) is 19.5. The second-order valence-electron chi connectivity index (χ2n) is 6.63. The highest BCUT2D eigenvalue weighted by molar-refractivity contribution is 7.13. The first kappa shape index (κ1) is 18.3. The van der Waals surface area contributed by atoms with Gasteiger partial charge < -0.3 is 13.7 Å². The Kier molecular flexibility index (Phi) is 5.12. The minimum absolute atomic E-state index is 0.0345. The van der Waals surface area contributed by atoms with Crippen LogP contribution in [0.25, 0.3) is 10.8 Å². The molecule has 0 unspecified atom stereocenters. The smallest absolute Gasteiger partial charge is 0.233 e. The second kappa shape index (κ2) is 7.86. The summed E-state index contributed by atoms with van der Waals surface area (Å²) in [6.07, 6.45) is 1.83. The molecule has 3 heterocycles. The molecule has 0 aliphatic rings. The van der Waals surface area contributed by atoms with E-state index < -0.39 is 0 Å². The van der Waals surface area contributed by atoms with Gasteiger partial charge in [0.2, 0.25) is 5.91 Å². The first-order valence-electron chi connectivity index (χ1n) is 8.99. The van der Waals surface area contributed by atoms with Crippen LogP contribution in [0, 0.1) is 13.8 Å². The fourth-order valence-corrected chi connectivity index (χ4v) is 3.69. The summed E-state index contributed by atoms with van der Waals surface area (Å²) in [6.45, 7) is 4.30. The standard InChI is InChI=1S/C22H20N2O3S/c1-15-5-8-18(9-6-15)24(13-19-4-3-11-26-19)21(25)12-17-14-28-22(23-17)20-10-7-16(2)27-20/h3-11,14H,12-13H2,1-2H3. The Balaban J connectivity index is 1.55. The van der Waals surface area contributed by atoms with E-state index in [1.54, 1.807) is 11.2 Å². The number of carbonyl (C=O) groups is 1. The van der Waals surface area contributed by atoms with Gasteiger partial charge in [0.15, 0.2) is 10.8 Å². The summed E-state index contributed by atoms with van der Waals surface area (Å²) in [4.78, 5) is 19.4. The molecule has 0 radical (unpaired) electrons. The van der Waals surface area contributed by atoms with Crippen molar-refractivity contribution < 1.29 is 13.6 Å². The van der Waals surface area contributed by atoms with Crippen molar-refractivity contribution in [2.75, 3.05) is 4.90 Å². The number of nitrogens with zero attached hydrogens (tertiary/aromatic N) is 2. The molecule has 4 rings (SSSR count). The van der Waals surface area contributed by atoms with E-state index in [-0.39, 0.29) is 12.3 Å². The number of hydrogen-bond acceptors (Lipinski definition) is 5. The fourth-order valence-electron chi connectivity index (χ4n) is 2.91. The molecule has 0 spiro atoms. The zero-order valence-electron chi connectivity index (χ0n) is 15.7. The lowest BCUT2D eigenvalue weighted by Crippen LogP contribution is -2.31. The summed E-state index contributed by atoms with van der Waals surface area (Å²) < 4.78 is 11.1. The Hall–Kier alpha value is -3.12. The van der Waals surface area contributed by atoms with Crippen LogP contribution in [0.3, 0.4) is 0 Å². The second-order valence-corrected chi connectivity index (χ2v) is 7.48. The number of thiazole rings is 1. The van der Waals surface area contributed by atoms with Crippen LogP contribution in [0.2, 0.25) is 0 Å². The van der Waals surface area contributed by atoms with Gasteiger partial charge in [-0.1, -0.05) is 17.7 Å². The van der Waals surface area contributed by atoms with Gasteiger partial charge in [-0.2, -0.15) is 0 Å². The maximum Gasteiger partial charge on any atom is 0.233 e. The SMILES string of the molecule is Cc1ccc(N(Cc2ccco2)C(=O)Cc2csc(-c3ccc(C)o3)n2)cc1. The van der Waals surface area contributed by atoms with E-state index >= 15 is 0 Å². The third kappa shape index (κ3) is 4.07. The normalized spacial score (nSPS) is 10.9. The molecule has 1 aromatic carbocycles. The van der Waals surface area contributed by atoms with Crippen molar-refractivity contribution in [3.63, 3.8) is 0 Å². The predicted molar refractivity (Wildman–Crippen MR) is 109 cm³/mol. The van der Waals surface area contributed by atoms with Crippen molar-refractivity contribution in [3.05, 3.63) is 83.0 Å². The maximum absolute atomic E-state index is 13.1. The van der Waals surface area contributed by atoms with Crippen LogP contribution in [0.1, 0.15) is 22.8 Å². The molecular formula is C22H20N2O3S. The van der Waals surface area contributed by atoms with E-state index in [4.69, 9.17) is 8.83 Å². The molecule has 6 heteroatoms. The van der Waals surface area contributed by atoms with Crippen molar-refractivity contribution in [3.8, 4) is 10.8 Å².